The molecule has 0 saturated heterocycles. The van der Waals surface area contributed by atoms with Crippen LogP contribution in [0.25, 0.3) is 0 Å². The van der Waals surface area contributed by atoms with Gasteiger partial charge in [0.25, 0.3) is 0 Å². The molecule has 2 aromatic rings. The van der Waals surface area contributed by atoms with E-state index in [0.29, 0.717) is 13.0 Å². The summed E-state index contributed by atoms with van der Waals surface area (Å²) < 4.78 is 0. The van der Waals surface area contributed by atoms with E-state index in [0.717, 1.165) is 5.56 Å². The van der Waals surface area contributed by atoms with Gasteiger partial charge in [-0.2, -0.15) is 0 Å². The fourth-order valence-corrected chi connectivity index (χ4v) is 2.55. The average molecular weight is 296 g/mol. The molecule has 0 aliphatic heterocycles. The first-order valence-corrected chi connectivity index (χ1v) is 7.60. The quantitative estimate of drug-likeness (QED) is 0.889. The van der Waals surface area contributed by atoms with Gasteiger partial charge in [-0.05, 0) is 32.1 Å². The molecule has 0 radical (unpaired) electrons. The topological polar surface area (TPSA) is 32.3 Å². The lowest BCUT2D eigenvalue weighted by Gasteiger charge is -2.25. The molecule has 3 nitrogen and oxygen atoms in total. The zero-order chi connectivity index (χ0) is 15.9. The second-order valence-electron chi connectivity index (χ2n) is 5.86. The van der Waals surface area contributed by atoms with Crippen LogP contribution in [0.4, 0.5) is 0 Å². The molecule has 0 aliphatic rings. The van der Waals surface area contributed by atoms with E-state index in [-0.39, 0.29) is 11.9 Å². The molecule has 0 aromatic heterocycles. The van der Waals surface area contributed by atoms with Crippen molar-refractivity contribution in [3.05, 3.63) is 71.3 Å². The van der Waals surface area contributed by atoms with Crippen molar-refractivity contribution in [1.29, 1.82) is 0 Å². The van der Waals surface area contributed by atoms with E-state index < -0.39 is 0 Å². The lowest BCUT2D eigenvalue weighted by atomic mass is 10.1. The van der Waals surface area contributed by atoms with Gasteiger partial charge in [-0.25, -0.2) is 0 Å². The molecule has 1 amide bonds. The Kier molecular flexibility index (Phi) is 5.73. The third kappa shape index (κ3) is 4.71. The number of amides is 1. The molecule has 1 atom stereocenters. The van der Waals surface area contributed by atoms with E-state index in [9.17, 15) is 4.79 Å². The van der Waals surface area contributed by atoms with E-state index in [1.165, 1.54) is 11.1 Å². The molecule has 0 aliphatic carbocycles. The van der Waals surface area contributed by atoms with Crippen molar-refractivity contribution in [2.75, 3.05) is 20.6 Å². The van der Waals surface area contributed by atoms with E-state index >= 15 is 0 Å². The van der Waals surface area contributed by atoms with Gasteiger partial charge in [0.1, 0.15) is 0 Å². The van der Waals surface area contributed by atoms with Crippen LogP contribution < -0.4 is 5.32 Å². The minimum atomic E-state index is 0.0633. The highest BCUT2D eigenvalue weighted by atomic mass is 16.1. The minimum Gasteiger partial charge on any atom is -0.354 e. The van der Waals surface area contributed by atoms with Crippen molar-refractivity contribution in [1.82, 2.24) is 10.2 Å². The van der Waals surface area contributed by atoms with E-state index in [1.54, 1.807) is 0 Å². The Morgan fingerprint density at radius 1 is 1.09 bits per heavy atom. The minimum absolute atomic E-state index is 0.0633. The van der Waals surface area contributed by atoms with Crippen LogP contribution in [0.1, 0.15) is 22.7 Å². The first-order valence-electron chi connectivity index (χ1n) is 7.60. The van der Waals surface area contributed by atoms with Gasteiger partial charge in [-0.1, -0.05) is 60.2 Å². The average Bonchev–Trinajstić information content (AvgIpc) is 2.48. The summed E-state index contributed by atoms with van der Waals surface area (Å²) in [6.45, 7) is 2.65. The fraction of sp³-hybridized carbons (Fsp3) is 0.316. The number of likely N-dealkylation sites (N-methyl/N-ethyl adjacent to an activating group) is 1. The highest BCUT2D eigenvalue weighted by Crippen LogP contribution is 2.16. The Bertz CT molecular complexity index is 608. The third-order valence-electron chi connectivity index (χ3n) is 3.75. The zero-order valence-corrected chi connectivity index (χ0v) is 13.5. The molecular formula is C19H24N2O. The molecule has 0 fully saturated rings. The summed E-state index contributed by atoms with van der Waals surface area (Å²) in [6, 6.07) is 18.5. The van der Waals surface area contributed by atoms with Crippen molar-refractivity contribution in [3.8, 4) is 0 Å². The molecule has 0 heterocycles. The SMILES string of the molecule is Cc1cccc(CC(=O)NC[C@@H](c2ccccc2)N(C)C)c1. The molecule has 22 heavy (non-hydrogen) atoms. The van der Waals surface area contributed by atoms with Crippen molar-refractivity contribution in [2.45, 2.75) is 19.4 Å². The van der Waals surface area contributed by atoms with Crippen LogP contribution in [0.15, 0.2) is 54.6 Å². The van der Waals surface area contributed by atoms with Gasteiger partial charge in [0.2, 0.25) is 5.91 Å². The molecular weight excluding hydrogens is 272 g/mol. The summed E-state index contributed by atoms with van der Waals surface area (Å²) in [6.07, 6.45) is 0.427. The number of nitrogens with one attached hydrogen (secondary N) is 1. The second kappa shape index (κ2) is 7.76. The summed E-state index contributed by atoms with van der Waals surface area (Å²) >= 11 is 0. The van der Waals surface area contributed by atoms with E-state index in [2.05, 4.69) is 28.4 Å². The molecule has 2 rings (SSSR count). The molecule has 0 bridgehead atoms. The molecule has 0 unspecified atom stereocenters. The zero-order valence-electron chi connectivity index (χ0n) is 13.5. The van der Waals surface area contributed by atoms with Crippen LogP contribution in [0, 0.1) is 6.92 Å². The number of carbonyl (C=O) groups is 1. The molecule has 3 heteroatoms. The summed E-state index contributed by atoms with van der Waals surface area (Å²) in [5, 5.41) is 3.05. The maximum Gasteiger partial charge on any atom is 0.224 e. The van der Waals surface area contributed by atoms with Crippen LogP contribution >= 0.6 is 0 Å². The number of benzene rings is 2. The summed E-state index contributed by atoms with van der Waals surface area (Å²) in [7, 11) is 4.06. The van der Waals surface area contributed by atoms with E-state index in [1.807, 2.05) is 57.4 Å². The summed E-state index contributed by atoms with van der Waals surface area (Å²) in [5.74, 6) is 0.0633. The number of nitrogens with zero attached hydrogens (tertiary/aromatic N) is 1. The Balaban J connectivity index is 1.94. The fourth-order valence-electron chi connectivity index (χ4n) is 2.55. The van der Waals surface area contributed by atoms with Gasteiger partial charge in [-0.15, -0.1) is 0 Å². The summed E-state index contributed by atoms with van der Waals surface area (Å²) in [4.78, 5) is 14.3. The Hall–Kier alpha value is -2.13. The largest absolute Gasteiger partial charge is 0.354 e. The predicted octanol–water partition coefficient (Wildman–Crippen LogP) is 2.96. The Labute approximate surface area is 133 Å². The standard InChI is InChI=1S/C19H24N2O/c1-15-8-7-9-16(12-15)13-19(22)20-14-18(21(2)3)17-10-5-4-6-11-17/h4-12,18H,13-14H2,1-3H3,(H,20,22)/t18-/m0/s1. The Morgan fingerprint density at radius 2 is 1.82 bits per heavy atom. The monoisotopic (exact) mass is 296 g/mol. The molecule has 0 saturated carbocycles. The highest BCUT2D eigenvalue weighted by Gasteiger charge is 2.15. The first kappa shape index (κ1) is 16.2. The second-order valence-corrected chi connectivity index (χ2v) is 5.86. The van der Waals surface area contributed by atoms with Crippen molar-refractivity contribution in [2.24, 2.45) is 0 Å². The third-order valence-corrected chi connectivity index (χ3v) is 3.75. The van der Waals surface area contributed by atoms with Crippen LogP contribution in [0.2, 0.25) is 0 Å². The lowest BCUT2D eigenvalue weighted by Crippen LogP contribution is -2.35. The summed E-state index contributed by atoms with van der Waals surface area (Å²) in [5.41, 5.74) is 3.45. The molecule has 1 N–H and O–H groups in total. The predicted molar refractivity (Wildman–Crippen MR) is 90.8 cm³/mol. The molecule has 116 valence electrons. The van der Waals surface area contributed by atoms with Gasteiger partial charge in [-0.3, -0.25) is 4.79 Å². The van der Waals surface area contributed by atoms with Crippen molar-refractivity contribution in [3.63, 3.8) is 0 Å². The van der Waals surface area contributed by atoms with Gasteiger partial charge in [0, 0.05) is 6.54 Å². The first-order chi connectivity index (χ1) is 10.6. The number of aryl methyl sites for hydroxylation is 1. The maximum absolute atomic E-state index is 12.2. The van der Waals surface area contributed by atoms with Crippen molar-refractivity contribution >= 4 is 5.91 Å². The smallest absolute Gasteiger partial charge is 0.224 e. The molecule has 0 spiro atoms. The maximum atomic E-state index is 12.2. The normalized spacial score (nSPS) is 12.2. The lowest BCUT2D eigenvalue weighted by molar-refractivity contribution is -0.120. The van der Waals surface area contributed by atoms with E-state index in [4.69, 9.17) is 0 Å². The van der Waals surface area contributed by atoms with Crippen LogP contribution in [0.5, 0.6) is 0 Å². The van der Waals surface area contributed by atoms with Crippen LogP contribution in [-0.2, 0) is 11.2 Å². The van der Waals surface area contributed by atoms with Gasteiger partial charge >= 0.3 is 0 Å². The van der Waals surface area contributed by atoms with Crippen molar-refractivity contribution < 1.29 is 4.79 Å². The number of rotatable bonds is 6. The number of carbonyl (C=O) groups excluding carboxylic acids is 1. The Morgan fingerprint density at radius 3 is 2.45 bits per heavy atom. The number of hydrogen-bond acceptors (Lipinski definition) is 2. The van der Waals surface area contributed by atoms with Gasteiger partial charge < -0.3 is 10.2 Å². The van der Waals surface area contributed by atoms with Gasteiger partial charge in [0.05, 0.1) is 12.5 Å². The highest BCUT2D eigenvalue weighted by molar-refractivity contribution is 5.78. The van der Waals surface area contributed by atoms with Gasteiger partial charge in [0.15, 0.2) is 0 Å². The molecule has 2 aromatic carbocycles. The van der Waals surface area contributed by atoms with Crippen LogP contribution in [-0.4, -0.2) is 31.4 Å². The van der Waals surface area contributed by atoms with Crippen LogP contribution in [0.3, 0.4) is 0 Å². The number of hydrogen-bond donors (Lipinski definition) is 1.